The lowest BCUT2D eigenvalue weighted by molar-refractivity contribution is 0.120. The molecule has 0 aliphatic carbocycles. The third-order valence-corrected chi connectivity index (χ3v) is 3.59. The molecule has 0 amide bonds. The molecule has 0 spiro atoms. The summed E-state index contributed by atoms with van der Waals surface area (Å²) in [5.41, 5.74) is 4.10. The van der Waals surface area contributed by atoms with Crippen LogP contribution < -0.4 is 4.74 Å². The van der Waals surface area contributed by atoms with E-state index in [0.717, 1.165) is 22.6 Å². The normalized spacial score (nSPS) is 19.1. The lowest BCUT2D eigenvalue weighted by atomic mass is 10.1. The van der Waals surface area contributed by atoms with Gasteiger partial charge < -0.3 is 4.74 Å². The Balaban J connectivity index is 2.30. The third-order valence-electron chi connectivity index (χ3n) is 2.87. The average Bonchev–Trinajstić information content (AvgIpc) is 2.29. The molecule has 1 atom stereocenters. The van der Waals surface area contributed by atoms with Gasteiger partial charge in [0.05, 0.1) is 0 Å². The van der Waals surface area contributed by atoms with Crippen molar-refractivity contribution in [1.82, 2.24) is 4.42 Å². The van der Waals surface area contributed by atoms with Gasteiger partial charge in [0.15, 0.2) is 0 Å². The first-order valence-corrected chi connectivity index (χ1v) is 6.71. The smallest absolute Gasteiger partial charge is 0.285 e. The molecule has 0 aromatic heterocycles. The molecule has 1 heterocycles. The van der Waals surface area contributed by atoms with E-state index < -0.39 is 6.35 Å². The fourth-order valence-corrected chi connectivity index (χ4v) is 2.51. The van der Waals surface area contributed by atoms with Crippen molar-refractivity contribution in [2.75, 3.05) is 0 Å². The molecular formula is C14H16Cl2N2O. The second kappa shape index (κ2) is 5.43. The van der Waals surface area contributed by atoms with Gasteiger partial charge in [0, 0.05) is 17.5 Å². The van der Waals surface area contributed by atoms with Gasteiger partial charge in [-0.1, -0.05) is 29.3 Å². The van der Waals surface area contributed by atoms with Crippen molar-refractivity contribution < 1.29 is 4.74 Å². The number of hydrogen-bond acceptors (Lipinski definition) is 3. The highest BCUT2D eigenvalue weighted by atomic mass is 35.5. The Labute approximate surface area is 123 Å². The van der Waals surface area contributed by atoms with Gasteiger partial charge in [-0.15, -0.1) is 0 Å². The molecule has 0 bridgehead atoms. The zero-order valence-corrected chi connectivity index (χ0v) is 12.9. The average molecular weight is 299 g/mol. The van der Waals surface area contributed by atoms with E-state index in [9.17, 15) is 0 Å². The van der Waals surface area contributed by atoms with Crippen molar-refractivity contribution >= 4 is 29.1 Å². The molecule has 0 fully saturated rings. The van der Waals surface area contributed by atoms with Gasteiger partial charge >= 0.3 is 0 Å². The number of aliphatic imine (C=N–C) groups is 1. The van der Waals surface area contributed by atoms with Crippen LogP contribution in [0.25, 0.3) is 0 Å². The molecule has 0 N–H and O–H groups in total. The zero-order valence-electron chi connectivity index (χ0n) is 11.4. The van der Waals surface area contributed by atoms with Gasteiger partial charge in [-0.05, 0) is 44.9 Å². The second-order valence-corrected chi connectivity index (χ2v) is 5.47. The summed E-state index contributed by atoms with van der Waals surface area (Å²) in [7, 11) is 0. The Kier molecular flexibility index (Phi) is 4.07. The first-order valence-electron chi connectivity index (χ1n) is 5.99. The fourth-order valence-electron chi connectivity index (χ4n) is 2.13. The maximum absolute atomic E-state index is 6.09. The van der Waals surface area contributed by atoms with E-state index in [-0.39, 0.29) is 0 Å². The van der Waals surface area contributed by atoms with E-state index in [2.05, 4.69) is 24.0 Å². The van der Waals surface area contributed by atoms with Crippen LogP contribution in [-0.2, 0) is 0 Å². The summed E-state index contributed by atoms with van der Waals surface area (Å²) in [6, 6.07) is 4.13. The number of aryl methyl sites for hydroxylation is 3. The van der Waals surface area contributed by atoms with Crippen molar-refractivity contribution in [2.45, 2.75) is 34.0 Å². The highest BCUT2D eigenvalue weighted by Crippen LogP contribution is 2.30. The standard InChI is InChI=1S/C14H16Cl2N2O/c1-8-5-9(2)13(10(3)6-8)19-14-17-11(4)7-12(15)18(14)16/h5-7,14H,1-4H3. The Hall–Kier alpha value is -1.19. The van der Waals surface area contributed by atoms with Crippen LogP contribution in [0.2, 0.25) is 0 Å². The third kappa shape index (κ3) is 3.04. The SMILES string of the molecule is CC1=NC(Oc2c(C)cc(C)cc2C)N(Cl)C(Cl)=C1. The van der Waals surface area contributed by atoms with Crippen molar-refractivity contribution in [3.8, 4) is 5.75 Å². The van der Waals surface area contributed by atoms with E-state index >= 15 is 0 Å². The molecule has 0 radical (unpaired) electrons. The van der Waals surface area contributed by atoms with Gasteiger partial charge in [-0.3, -0.25) is 0 Å². The summed E-state index contributed by atoms with van der Waals surface area (Å²) in [5, 5.41) is 0.404. The summed E-state index contributed by atoms with van der Waals surface area (Å²) in [6.45, 7) is 7.92. The Morgan fingerprint density at radius 1 is 1.16 bits per heavy atom. The fraction of sp³-hybridized carbons (Fsp3) is 0.357. The molecular weight excluding hydrogens is 283 g/mol. The predicted molar refractivity (Wildman–Crippen MR) is 79.8 cm³/mol. The molecule has 1 aromatic rings. The van der Waals surface area contributed by atoms with Crippen molar-refractivity contribution in [3.05, 3.63) is 40.1 Å². The summed E-state index contributed by atoms with van der Waals surface area (Å²) >= 11 is 12.1. The maximum Gasteiger partial charge on any atom is 0.285 e. The van der Waals surface area contributed by atoms with Crippen LogP contribution in [0.15, 0.2) is 28.4 Å². The Morgan fingerprint density at radius 2 is 1.74 bits per heavy atom. The van der Waals surface area contributed by atoms with Gasteiger partial charge in [0.25, 0.3) is 6.35 Å². The monoisotopic (exact) mass is 298 g/mol. The first kappa shape index (κ1) is 14.2. The minimum absolute atomic E-state index is 0.404. The maximum atomic E-state index is 6.09. The van der Waals surface area contributed by atoms with Crippen molar-refractivity contribution in [3.63, 3.8) is 0 Å². The molecule has 19 heavy (non-hydrogen) atoms. The Bertz CT molecular complexity index is 544. The van der Waals surface area contributed by atoms with E-state index in [1.54, 1.807) is 6.08 Å². The molecule has 0 saturated carbocycles. The summed E-state index contributed by atoms with van der Waals surface area (Å²) in [4.78, 5) is 4.34. The highest BCUT2D eigenvalue weighted by Gasteiger charge is 2.24. The highest BCUT2D eigenvalue weighted by molar-refractivity contribution is 6.34. The minimum atomic E-state index is -0.640. The van der Waals surface area contributed by atoms with Gasteiger partial charge in [-0.25, -0.2) is 9.41 Å². The largest absolute Gasteiger partial charge is 0.449 e. The topological polar surface area (TPSA) is 24.8 Å². The van der Waals surface area contributed by atoms with Crippen LogP contribution in [0.1, 0.15) is 23.6 Å². The second-order valence-electron chi connectivity index (χ2n) is 4.72. The number of ether oxygens (including phenoxy) is 1. The quantitative estimate of drug-likeness (QED) is 0.601. The van der Waals surface area contributed by atoms with Crippen LogP contribution in [0.3, 0.4) is 0 Å². The molecule has 2 rings (SSSR count). The molecule has 1 aliphatic rings. The molecule has 1 aromatic carbocycles. The van der Waals surface area contributed by atoms with E-state index in [1.807, 2.05) is 20.8 Å². The summed E-state index contributed by atoms with van der Waals surface area (Å²) in [5.74, 6) is 0.796. The van der Waals surface area contributed by atoms with E-state index in [1.165, 1.54) is 9.98 Å². The van der Waals surface area contributed by atoms with Crippen molar-refractivity contribution in [1.29, 1.82) is 0 Å². The van der Waals surface area contributed by atoms with E-state index in [4.69, 9.17) is 28.1 Å². The zero-order chi connectivity index (χ0) is 14.2. The van der Waals surface area contributed by atoms with Crippen LogP contribution in [0.4, 0.5) is 0 Å². The molecule has 0 saturated heterocycles. The molecule has 5 heteroatoms. The molecule has 3 nitrogen and oxygen atoms in total. The van der Waals surface area contributed by atoms with Gasteiger partial charge in [0.1, 0.15) is 10.9 Å². The summed E-state index contributed by atoms with van der Waals surface area (Å²) in [6.07, 6.45) is 1.06. The molecule has 1 aliphatic heterocycles. The van der Waals surface area contributed by atoms with Gasteiger partial charge in [-0.2, -0.15) is 0 Å². The number of halogens is 2. The summed E-state index contributed by atoms with van der Waals surface area (Å²) < 4.78 is 7.19. The lowest BCUT2D eigenvalue weighted by Crippen LogP contribution is -2.33. The molecule has 102 valence electrons. The number of allylic oxidation sites excluding steroid dienone is 1. The van der Waals surface area contributed by atoms with Crippen LogP contribution in [-0.4, -0.2) is 16.5 Å². The first-order chi connectivity index (χ1) is 8.88. The number of nitrogens with zero attached hydrogens (tertiary/aromatic N) is 2. The van der Waals surface area contributed by atoms with Crippen LogP contribution in [0, 0.1) is 20.8 Å². The molecule has 1 unspecified atom stereocenters. The number of hydrogen-bond donors (Lipinski definition) is 0. The predicted octanol–water partition coefficient (Wildman–Crippen LogP) is 4.28. The van der Waals surface area contributed by atoms with Crippen LogP contribution >= 0.6 is 23.4 Å². The lowest BCUT2D eigenvalue weighted by Gasteiger charge is -2.28. The Morgan fingerprint density at radius 3 is 2.32 bits per heavy atom. The number of benzene rings is 1. The number of rotatable bonds is 2. The minimum Gasteiger partial charge on any atom is -0.449 e. The van der Waals surface area contributed by atoms with Crippen LogP contribution in [0.5, 0.6) is 5.75 Å². The van der Waals surface area contributed by atoms with E-state index in [0.29, 0.717) is 5.16 Å². The van der Waals surface area contributed by atoms with Crippen molar-refractivity contribution in [2.24, 2.45) is 4.99 Å². The van der Waals surface area contributed by atoms with Gasteiger partial charge in [0.2, 0.25) is 0 Å².